The molecule has 0 unspecified atom stereocenters. The molecule has 1 fully saturated rings. The van der Waals surface area contributed by atoms with Gasteiger partial charge in [0, 0.05) is 18.4 Å². The molecule has 2 aromatic carbocycles. The van der Waals surface area contributed by atoms with E-state index in [2.05, 4.69) is 10.6 Å². The molecule has 1 aliphatic rings. The van der Waals surface area contributed by atoms with Crippen molar-refractivity contribution in [2.75, 3.05) is 19.0 Å². The topological polar surface area (TPSA) is 59.6 Å². The molecule has 2 amide bonds. The van der Waals surface area contributed by atoms with Crippen LogP contribution in [0.2, 0.25) is 0 Å². The summed E-state index contributed by atoms with van der Waals surface area (Å²) in [5.41, 5.74) is 1.77. The highest BCUT2D eigenvalue weighted by atomic mass is 16.5. The van der Waals surface area contributed by atoms with Crippen LogP contribution in [0.1, 0.15) is 18.1 Å². The van der Waals surface area contributed by atoms with Gasteiger partial charge in [-0.05, 0) is 24.1 Å². The second-order valence-electron chi connectivity index (χ2n) is 5.43. The number of ether oxygens (including phenoxy) is 2. The van der Waals surface area contributed by atoms with E-state index in [-0.39, 0.29) is 18.2 Å². The molecule has 1 heterocycles. The number of anilines is 1. The number of hydrogen-bond acceptors (Lipinski definition) is 3. The lowest BCUT2D eigenvalue weighted by atomic mass is 10.0. The fourth-order valence-electron chi connectivity index (χ4n) is 2.74. The Morgan fingerprint density at radius 2 is 2.00 bits per heavy atom. The molecule has 3 rings (SSSR count). The van der Waals surface area contributed by atoms with E-state index < -0.39 is 0 Å². The molecular weight excluding hydrogens is 292 g/mol. The number of urea groups is 1. The van der Waals surface area contributed by atoms with Gasteiger partial charge in [-0.25, -0.2) is 4.79 Å². The summed E-state index contributed by atoms with van der Waals surface area (Å²) in [5, 5.41) is 5.83. The van der Waals surface area contributed by atoms with Gasteiger partial charge in [-0.2, -0.15) is 0 Å². The van der Waals surface area contributed by atoms with E-state index in [0.29, 0.717) is 18.0 Å². The maximum absolute atomic E-state index is 12.2. The molecule has 0 radical (unpaired) electrons. The lowest BCUT2D eigenvalue weighted by Crippen LogP contribution is -2.39. The van der Waals surface area contributed by atoms with Gasteiger partial charge in [0.05, 0.1) is 13.2 Å². The van der Waals surface area contributed by atoms with E-state index in [4.69, 9.17) is 9.47 Å². The maximum Gasteiger partial charge on any atom is 0.319 e. The lowest BCUT2D eigenvalue weighted by Gasteiger charge is -2.20. The lowest BCUT2D eigenvalue weighted by molar-refractivity contribution is 0.100. The van der Waals surface area contributed by atoms with Gasteiger partial charge in [-0.15, -0.1) is 0 Å². The number of methoxy groups -OCH3 is 1. The number of hydrogen-bond donors (Lipinski definition) is 2. The van der Waals surface area contributed by atoms with Crippen molar-refractivity contribution in [3.63, 3.8) is 0 Å². The van der Waals surface area contributed by atoms with Crippen molar-refractivity contribution in [1.29, 1.82) is 0 Å². The first kappa shape index (κ1) is 15.4. The summed E-state index contributed by atoms with van der Waals surface area (Å²) >= 11 is 0. The van der Waals surface area contributed by atoms with E-state index in [9.17, 15) is 4.79 Å². The third-order valence-corrected chi connectivity index (χ3v) is 3.86. The molecule has 0 spiro atoms. The van der Waals surface area contributed by atoms with Gasteiger partial charge in [0.25, 0.3) is 0 Å². The van der Waals surface area contributed by atoms with Crippen LogP contribution in [0.4, 0.5) is 10.5 Å². The minimum absolute atomic E-state index is 0.0389. The van der Waals surface area contributed by atoms with Crippen molar-refractivity contribution in [2.24, 2.45) is 0 Å². The summed E-state index contributed by atoms with van der Waals surface area (Å²) < 4.78 is 10.9. The fraction of sp³-hybridized carbons (Fsp3) is 0.278. The third-order valence-electron chi connectivity index (χ3n) is 3.86. The maximum atomic E-state index is 12.2. The predicted molar refractivity (Wildman–Crippen MR) is 88.7 cm³/mol. The molecule has 1 aliphatic heterocycles. The standard InChI is InChI=1S/C18H20N2O3/c1-22-15-9-5-8-14(12-15)19-18(21)20-16-10-11-23-17(16)13-6-3-2-4-7-13/h2-9,12,16-17H,10-11H2,1H3,(H2,19,20,21)/t16-,17+/m1/s1. The van der Waals surface area contributed by atoms with Crippen molar-refractivity contribution < 1.29 is 14.3 Å². The van der Waals surface area contributed by atoms with Crippen LogP contribution in [0.5, 0.6) is 5.75 Å². The molecule has 5 heteroatoms. The van der Waals surface area contributed by atoms with E-state index in [1.807, 2.05) is 48.5 Å². The Labute approximate surface area is 135 Å². The van der Waals surface area contributed by atoms with Gasteiger partial charge in [0.15, 0.2) is 0 Å². The Hall–Kier alpha value is -2.53. The number of benzene rings is 2. The van der Waals surface area contributed by atoms with Gasteiger partial charge in [0.1, 0.15) is 11.9 Å². The zero-order valence-corrected chi connectivity index (χ0v) is 13.0. The van der Waals surface area contributed by atoms with Gasteiger partial charge in [-0.1, -0.05) is 36.4 Å². The van der Waals surface area contributed by atoms with E-state index in [1.165, 1.54) is 0 Å². The summed E-state index contributed by atoms with van der Waals surface area (Å²) in [6.45, 7) is 0.643. The van der Waals surface area contributed by atoms with Gasteiger partial charge in [-0.3, -0.25) is 0 Å². The van der Waals surface area contributed by atoms with E-state index >= 15 is 0 Å². The molecular formula is C18H20N2O3. The van der Waals surface area contributed by atoms with Crippen LogP contribution in [0.3, 0.4) is 0 Å². The van der Waals surface area contributed by atoms with Crippen molar-refractivity contribution in [3.8, 4) is 5.75 Å². The van der Waals surface area contributed by atoms with Crippen molar-refractivity contribution in [3.05, 3.63) is 60.2 Å². The summed E-state index contributed by atoms with van der Waals surface area (Å²) in [5.74, 6) is 0.703. The molecule has 120 valence electrons. The van der Waals surface area contributed by atoms with E-state index in [0.717, 1.165) is 12.0 Å². The highest BCUT2D eigenvalue weighted by Gasteiger charge is 2.30. The zero-order valence-electron chi connectivity index (χ0n) is 13.0. The summed E-state index contributed by atoms with van der Waals surface area (Å²) in [6.07, 6.45) is 0.692. The monoisotopic (exact) mass is 312 g/mol. The van der Waals surface area contributed by atoms with Crippen LogP contribution in [-0.4, -0.2) is 25.8 Å². The van der Waals surface area contributed by atoms with Crippen LogP contribution >= 0.6 is 0 Å². The number of carbonyl (C=O) groups excluding carboxylic acids is 1. The van der Waals surface area contributed by atoms with Crippen molar-refractivity contribution in [2.45, 2.75) is 18.6 Å². The minimum Gasteiger partial charge on any atom is -0.497 e. The van der Waals surface area contributed by atoms with Gasteiger partial charge in [0.2, 0.25) is 0 Å². The van der Waals surface area contributed by atoms with Crippen LogP contribution in [0, 0.1) is 0 Å². The molecule has 0 saturated carbocycles. The van der Waals surface area contributed by atoms with Gasteiger partial charge >= 0.3 is 6.03 Å². The van der Waals surface area contributed by atoms with Crippen LogP contribution in [0.15, 0.2) is 54.6 Å². The molecule has 2 N–H and O–H groups in total. The molecule has 2 aromatic rings. The number of carbonyl (C=O) groups is 1. The van der Waals surface area contributed by atoms with Crippen molar-refractivity contribution >= 4 is 11.7 Å². The molecule has 1 saturated heterocycles. The SMILES string of the molecule is COc1cccc(NC(=O)N[C@@H]2CCO[C@H]2c2ccccc2)c1. The first-order valence-corrected chi connectivity index (χ1v) is 7.64. The van der Waals surface area contributed by atoms with E-state index in [1.54, 1.807) is 13.2 Å². The largest absolute Gasteiger partial charge is 0.497 e. The number of rotatable bonds is 4. The Morgan fingerprint density at radius 1 is 1.17 bits per heavy atom. The van der Waals surface area contributed by atoms with Crippen LogP contribution in [0.25, 0.3) is 0 Å². The minimum atomic E-state index is -0.241. The van der Waals surface area contributed by atoms with Gasteiger partial charge < -0.3 is 20.1 Å². The normalized spacial score (nSPS) is 20.0. The zero-order chi connectivity index (χ0) is 16.1. The average molecular weight is 312 g/mol. The summed E-state index contributed by atoms with van der Waals surface area (Å²) in [7, 11) is 1.60. The first-order valence-electron chi connectivity index (χ1n) is 7.64. The number of amides is 2. The predicted octanol–water partition coefficient (Wildman–Crippen LogP) is 3.35. The second kappa shape index (κ2) is 7.15. The molecule has 2 atom stereocenters. The average Bonchev–Trinajstić information content (AvgIpc) is 3.03. The molecule has 0 aliphatic carbocycles. The Bertz CT molecular complexity index is 660. The Kier molecular flexibility index (Phi) is 4.78. The molecule has 23 heavy (non-hydrogen) atoms. The highest BCUT2D eigenvalue weighted by Crippen LogP contribution is 2.29. The first-order chi connectivity index (χ1) is 11.3. The molecule has 5 nitrogen and oxygen atoms in total. The fourth-order valence-corrected chi connectivity index (χ4v) is 2.74. The van der Waals surface area contributed by atoms with Crippen LogP contribution in [-0.2, 0) is 4.74 Å². The quantitative estimate of drug-likeness (QED) is 0.910. The smallest absolute Gasteiger partial charge is 0.319 e. The molecule has 0 bridgehead atoms. The highest BCUT2D eigenvalue weighted by molar-refractivity contribution is 5.89. The number of nitrogens with one attached hydrogen (secondary N) is 2. The Balaban J connectivity index is 1.62. The third kappa shape index (κ3) is 3.81. The summed E-state index contributed by atoms with van der Waals surface area (Å²) in [4.78, 5) is 12.2. The second-order valence-corrected chi connectivity index (χ2v) is 5.43. The molecule has 0 aromatic heterocycles. The Morgan fingerprint density at radius 3 is 2.78 bits per heavy atom. The summed E-state index contributed by atoms with van der Waals surface area (Å²) in [6, 6.07) is 16.9. The van der Waals surface area contributed by atoms with Crippen molar-refractivity contribution in [1.82, 2.24) is 5.32 Å². The van der Waals surface area contributed by atoms with Crippen LogP contribution < -0.4 is 15.4 Å².